The van der Waals surface area contributed by atoms with Gasteiger partial charge in [0.15, 0.2) is 17.1 Å². The second-order valence-electron chi connectivity index (χ2n) is 9.22. The van der Waals surface area contributed by atoms with Gasteiger partial charge in [-0.05, 0) is 75.6 Å². The molecule has 7 nitrogen and oxygen atoms in total. The highest BCUT2D eigenvalue weighted by Gasteiger charge is 2.26. The van der Waals surface area contributed by atoms with Crippen molar-refractivity contribution in [3.63, 3.8) is 0 Å². The lowest BCUT2D eigenvalue weighted by Crippen LogP contribution is -2.15. The summed E-state index contributed by atoms with van der Waals surface area (Å²) in [6, 6.07) is 8.34. The van der Waals surface area contributed by atoms with Crippen molar-refractivity contribution in [2.45, 2.75) is 78.1 Å². The van der Waals surface area contributed by atoms with Crippen molar-refractivity contribution in [3.05, 3.63) is 51.2 Å². The van der Waals surface area contributed by atoms with E-state index in [4.69, 9.17) is 4.74 Å². The number of nitrogens with zero attached hydrogens (tertiary/aromatic N) is 4. The number of fused-ring (bicyclic) bond motifs is 1. The fourth-order valence-electron chi connectivity index (χ4n) is 4.60. The summed E-state index contributed by atoms with van der Waals surface area (Å²) < 4.78 is 8.20. The number of thioether (sulfide) groups is 1. The summed E-state index contributed by atoms with van der Waals surface area (Å²) in [6.45, 7) is 11.0. The molecule has 2 atom stereocenters. The molecule has 190 valence electrons. The number of aromatic nitrogens is 3. The van der Waals surface area contributed by atoms with Crippen LogP contribution < -0.4 is 10.1 Å². The van der Waals surface area contributed by atoms with Crippen LogP contribution in [0, 0.1) is 31.1 Å². The lowest BCUT2D eigenvalue weighted by Gasteiger charge is -2.20. The predicted molar refractivity (Wildman–Crippen MR) is 145 cm³/mol. The summed E-state index contributed by atoms with van der Waals surface area (Å²) in [6.07, 6.45) is 3.89. The summed E-state index contributed by atoms with van der Waals surface area (Å²) in [5, 5.41) is 22.8. The lowest BCUT2D eigenvalue weighted by atomic mass is 9.86. The second kappa shape index (κ2) is 11.5. The highest BCUT2D eigenvalue weighted by Crippen LogP contribution is 2.40. The fraction of sp³-hybridized carbons (Fsp3) is 0.481. The molecule has 1 N–H and O–H groups in total. The minimum absolute atomic E-state index is 0.144. The van der Waals surface area contributed by atoms with Crippen LogP contribution in [0.2, 0.25) is 0 Å². The van der Waals surface area contributed by atoms with Crippen LogP contribution in [-0.4, -0.2) is 26.4 Å². The van der Waals surface area contributed by atoms with Crippen LogP contribution in [0.25, 0.3) is 0 Å². The van der Waals surface area contributed by atoms with E-state index in [0.717, 1.165) is 48.4 Å². The number of nitrogens with one attached hydrogen (secondary N) is 1. The molecule has 0 radical (unpaired) electrons. The van der Waals surface area contributed by atoms with Crippen molar-refractivity contribution in [2.75, 3.05) is 11.1 Å². The van der Waals surface area contributed by atoms with Crippen LogP contribution in [0.4, 0.5) is 5.00 Å². The van der Waals surface area contributed by atoms with Gasteiger partial charge in [0.25, 0.3) is 0 Å². The summed E-state index contributed by atoms with van der Waals surface area (Å²) in [7, 11) is 0. The Morgan fingerprint density at radius 1 is 1.36 bits per heavy atom. The Hall–Kier alpha value is -2.83. The van der Waals surface area contributed by atoms with Crippen molar-refractivity contribution < 1.29 is 9.53 Å². The molecule has 2 heterocycles. The maximum absolute atomic E-state index is 12.8. The standard InChI is InChI=1S/C27H33N5O2S2/c1-6-19-11-12-20-21(14-28)26(36-23(20)13-19)29-24(33)15-35-27-31-30-25(32(27)7-2)18(5)34-22-10-8-9-16(3)17(22)4/h8-10,18-19H,6-7,11-13,15H2,1-5H3,(H,29,33). The molecule has 3 aromatic rings. The molecule has 2 unspecified atom stereocenters. The monoisotopic (exact) mass is 523 g/mol. The highest BCUT2D eigenvalue weighted by atomic mass is 32.2. The molecule has 36 heavy (non-hydrogen) atoms. The van der Waals surface area contributed by atoms with Crippen LogP contribution in [0.1, 0.15) is 72.7 Å². The molecule has 1 aliphatic rings. The van der Waals surface area contributed by atoms with Gasteiger partial charge in [-0.3, -0.25) is 4.79 Å². The summed E-state index contributed by atoms with van der Waals surface area (Å²) >= 11 is 2.91. The van der Waals surface area contributed by atoms with E-state index in [1.54, 1.807) is 11.3 Å². The van der Waals surface area contributed by atoms with E-state index in [1.807, 2.05) is 37.5 Å². The molecular formula is C27H33N5O2S2. The van der Waals surface area contributed by atoms with Crippen molar-refractivity contribution >= 4 is 34.0 Å². The second-order valence-corrected chi connectivity index (χ2v) is 11.3. The zero-order valence-corrected chi connectivity index (χ0v) is 23.2. The van der Waals surface area contributed by atoms with Crippen LogP contribution in [-0.2, 0) is 24.2 Å². The third-order valence-corrected chi connectivity index (χ3v) is 9.06. The van der Waals surface area contributed by atoms with E-state index in [1.165, 1.54) is 22.2 Å². The van der Waals surface area contributed by atoms with Gasteiger partial charge in [-0.15, -0.1) is 21.5 Å². The van der Waals surface area contributed by atoms with E-state index in [9.17, 15) is 10.1 Å². The van der Waals surface area contributed by atoms with E-state index in [0.29, 0.717) is 28.2 Å². The Kier molecular flexibility index (Phi) is 8.37. The van der Waals surface area contributed by atoms with Gasteiger partial charge in [0.1, 0.15) is 16.8 Å². The Morgan fingerprint density at radius 2 is 2.17 bits per heavy atom. The minimum atomic E-state index is -0.288. The van der Waals surface area contributed by atoms with Gasteiger partial charge in [0, 0.05) is 11.4 Å². The number of anilines is 1. The van der Waals surface area contributed by atoms with E-state index in [2.05, 4.69) is 41.5 Å². The quantitative estimate of drug-likeness (QED) is 0.334. The highest BCUT2D eigenvalue weighted by molar-refractivity contribution is 7.99. The molecular weight excluding hydrogens is 490 g/mol. The minimum Gasteiger partial charge on any atom is -0.482 e. The van der Waals surface area contributed by atoms with Gasteiger partial charge >= 0.3 is 0 Å². The van der Waals surface area contributed by atoms with Crippen LogP contribution in [0.3, 0.4) is 0 Å². The summed E-state index contributed by atoms with van der Waals surface area (Å²) in [5.41, 5.74) is 4.05. The number of amides is 1. The number of benzene rings is 1. The van der Waals surface area contributed by atoms with Crippen molar-refractivity contribution in [2.24, 2.45) is 5.92 Å². The van der Waals surface area contributed by atoms with Gasteiger partial charge in [-0.1, -0.05) is 37.2 Å². The molecule has 0 fully saturated rings. The number of rotatable bonds is 9. The molecule has 0 saturated carbocycles. The summed E-state index contributed by atoms with van der Waals surface area (Å²) in [5.74, 6) is 2.27. The number of thiophene rings is 1. The van der Waals surface area contributed by atoms with Gasteiger partial charge in [0.05, 0.1) is 11.3 Å². The van der Waals surface area contributed by atoms with Crippen LogP contribution in [0.5, 0.6) is 5.75 Å². The average molecular weight is 524 g/mol. The van der Waals surface area contributed by atoms with Crippen molar-refractivity contribution in [1.29, 1.82) is 5.26 Å². The third-order valence-electron chi connectivity index (χ3n) is 6.93. The molecule has 9 heteroatoms. The maximum atomic E-state index is 12.8. The molecule has 1 aliphatic carbocycles. The zero-order valence-electron chi connectivity index (χ0n) is 21.6. The predicted octanol–water partition coefficient (Wildman–Crippen LogP) is 6.23. The normalized spacial score (nSPS) is 15.7. The number of nitriles is 1. The number of hydrogen-bond donors (Lipinski definition) is 1. The summed E-state index contributed by atoms with van der Waals surface area (Å²) in [4.78, 5) is 14.1. The van der Waals surface area contributed by atoms with Crippen LogP contribution >= 0.6 is 23.1 Å². The maximum Gasteiger partial charge on any atom is 0.235 e. The average Bonchev–Trinajstić information content (AvgIpc) is 3.45. The van der Waals surface area contributed by atoms with Crippen molar-refractivity contribution in [3.8, 4) is 11.8 Å². The molecule has 0 bridgehead atoms. The molecule has 0 saturated heterocycles. The molecule has 0 aliphatic heterocycles. The van der Waals surface area contributed by atoms with E-state index < -0.39 is 0 Å². The number of hydrogen-bond acceptors (Lipinski definition) is 7. The molecule has 1 aromatic carbocycles. The number of carbonyl (C=O) groups is 1. The number of aryl methyl sites for hydroxylation is 1. The first-order valence-corrected chi connectivity index (χ1v) is 14.3. The topological polar surface area (TPSA) is 92.8 Å². The lowest BCUT2D eigenvalue weighted by molar-refractivity contribution is -0.113. The first-order chi connectivity index (χ1) is 17.4. The van der Waals surface area contributed by atoms with Gasteiger partial charge in [-0.25, -0.2) is 0 Å². The smallest absolute Gasteiger partial charge is 0.235 e. The van der Waals surface area contributed by atoms with E-state index in [-0.39, 0.29) is 17.8 Å². The first-order valence-electron chi connectivity index (χ1n) is 12.5. The fourth-order valence-corrected chi connectivity index (χ4v) is 6.74. The first kappa shape index (κ1) is 26.2. The third kappa shape index (κ3) is 5.45. The molecule has 4 rings (SSSR count). The van der Waals surface area contributed by atoms with Crippen LogP contribution in [0.15, 0.2) is 23.4 Å². The van der Waals surface area contributed by atoms with Gasteiger partial charge < -0.3 is 14.6 Å². The number of ether oxygens (including phenoxy) is 1. The molecule has 1 amide bonds. The van der Waals surface area contributed by atoms with Gasteiger partial charge in [-0.2, -0.15) is 5.26 Å². The largest absolute Gasteiger partial charge is 0.482 e. The Labute approximate surface area is 221 Å². The van der Waals surface area contributed by atoms with E-state index >= 15 is 0 Å². The number of carbonyl (C=O) groups excluding carboxylic acids is 1. The Bertz CT molecular complexity index is 1290. The molecule has 2 aromatic heterocycles. The SMILES string of the molecule is CCC1CCc2c(sc(NC(=O)CSc3nnc(C(C)Oc4cccc(C)c4C)n3CC)c2C#N)C1. The molecule has 0 spiro atoms. The Morgan fingerprint density at radius 3 is 2.89 bits per heavy atom. The van der Waals surface area contributed by atoms with Gasteiger partial charge in [0.2, 0.25) is 5.91 Å². The van der Waals surface area contributed by atoms with Crippen molar-refractivity contribution in [1.82, 2.24) is 14.8 Å². The Balaban J connectivity index is 1.42. The zero-order chi connectivity index (χ0) is 25.8.